The Labute approximate surface area is 86.2 Å². The van der Waals surface area contributed by atoms with Gasteiger partial charge in [0.15, 0.2) is 0 Å². The van der Waals surface area contributed by atoms with Crippen LogP contribution in [0.5, 0.6) is 0 Å². The van der Waals surface area contributed by atoms with Crippen molar-refractivity contribution in [1.29, 1.82) is 0 Å². The molecule has 1 atom stereocenters. The molecule has 6 heteroatoms. The number of amides is 1. The summed E-state index contributed by atoms with van der Waals surface area (Å²) in [4.78, 5) is 12.5. The Morgan fingerprint density at radius 3 is 2.73 bits per heavy atom. The number of halogens is 3. The van der Waals surface area contributed by atoms with Crippen LogP contribution in [0.4, 0.5) is 13.2 Å². The molecule has 0 saturated carbocycles. The van der Waals surface area contributed by atoms with E-state index in [-0.39, 0.29) is 12.5 Å². The fraction of sp³-hybridized carbons (Fsp3) is 0.889. The molecule has 1 aliphatic heterocycles. The average molecular weight is 225 g/mol. The number of hydrogen-bond acceptors (Lipinski definition) is 2. The minimum absolute atomic E-state index is 0.115. The molecule has 0 radical (unpaired) electrons. The highest BCUT2D eigenvalue weighted by atomic mass is 19.4. The number of hydrogen-bond donors (Lipinski definition) is 0. The second kappa shape index (κ2) is 4.83. The molecular formula is C9H14F3NO2. The number of carbonyl (C=O) groups is 1. The lowest BCUT2D eigenvalue weighted by Gasteiger charge is -2.32. The lowest BCUT2D eigenvalue weighted by molar-refractivity contribution is -0.189. The first kappa shape index (κ1) is 12.3. The van der Waals surface area contributed by atoms with Gasteiger partial charge in [-0.2, -0.15) is 13.2 Å². The van der Waals surface area contributed by atoms with Gasteiger partial charge in [0.05, 0.1) is 6.10 Å². The largest absolute Gasteiger partial charge is 0.411 e. The number of ether oxygens (including phenoxy) is 1. The summed E-state index contributed by atoms with van der Waals surface area (Å²) >= 11 is 0. The molecule has 0 aromatic rings. The zero-order valence-electron chi connectivity index (χ0n) is 8.51. The van der Waals surface area contributed by atoms with E-state index in [4.69, 9.17) is 4.74 Å². The van der Waals surface area contributed by atoms with Gasteiger partial charge in [0.25, 0.3) is 0 Å². The third-order valence-corrected chi connectivity index (χ3v) is 2.31. The molecule has 15 heavy (non-hydrogen) atoms. The molecule has 0 aliphatic carbocycles. The van der Waals surface area contributed by atoms with Crippen LogP contribution in [0, 0.1) is 0 Å². The zero-order valence-corrected chi connectivity index (χ0v) is 8.51. The van der Waals surface area contributed by atoms with Crippen LogP contribution in [0.1, 0.15) is 19.8 Å². The van der Waals surface area contributed by atoms with Gasteiger partial charge in [0.1, 0.15) is 6.61 Å². The highest BCUT2D eigenvalue weighted by Gasteiger charge is 2.31. The van der Waals surface area contributed by atoms with Gasteiger partial charge in [-0.05, 0) is 12.8 Å². The Kier molecular flexibility index (Phi) is 3.96. The van der Waals surface area contributed by atoms with E-state index in [2.05, 4.69) is 0 Å². The molecule has 1 fully saturated rings. The summed E-state index contributed by atoms with van der Waals surface area (Å²) in [5.41, 5.74) is 0. The molecule has 3 nitrogen and oxygen atoms in total. The third-order valence-electron chi connectivity index (χ3n) is 2.31. The summed E-state index contributed by atoms with van der Waals surface area (Å²) in [6.07, 6.45) is -3.50. The van der Waals surface area contributed by atoms with E-state index < -0.39 is 18.9 Å². The molecule has 0 aromatic carbocycles. The fourth-order valence-corrected chi connectivity index (χ4v) is 1.57. The van der Waals surface area contributed by atoms with Gasteiger partial charge in [-0.25, -0.2) is 0 Å². The maximum absolute atomic E-state index is 11.9. The summed E-state index contributed by atoms with van der Waals surface area (Å²) in [5, 5.41) is 0. The van der Waals surface area contributed by atoms with Crippen LogP contribution in [-0.4, -0.2) is 42.8 Å². The molecule has 1 amide bonds. The first-order valence-corrected chi connectivity index (χ1v) is 4.82. The number of rotatable bonds is 2. The first-order chi connectivity index (χ1) is 6.88. The maximum Gasteiger partial charge on any atom is 0.411 e. The monoisotopic (exact) mass is 225 g/mol. The second-order valence-corrected chi connectivity index (χ2v) is 3.66. The highest BCUT2D eigenvalue weighted by Crippen LogP contribution is 2.19. The first-order valence-electron chi connectivity index (χ1n) is 4.82. The minimum Gasteiger partial charge on any atom is -0.367 e. The number of likely N-dealkylation sites (tertiary alicyclic amines) is 1. The van der Waals surface area contributed by atoms with Crippen LogP contribution in [0.25, 0.3) is 0 Å². The summed E-state index contributed by atoms with van der Waals surface area (Å²) in [5.74, 6) is -0.115. The molecule has 1 rings (SSSR count). The predicted molar refractivity (Wildman–Crippen MR) is 47.3 cm³/mol. The molecular weight excluding hydrogens is 211 g/mol. The van der Waals surface area contributed by atoms with Gasteiger partial charge >= 0.3 is 6.18 Å². The van der Waals surface area contributed by atoms with E-state index in [1.54, 1.807) is 0 Å². The topological polar surface area (TPSA) is 29.5 Å². The van der Waals surface area contributed by atoms with Crippen molar-refractivity contribution >= 4 is 5.91 Å². The van der Waals surface area contributed by atoms with Crippen molar-refractivity contribution in [2.24, 2.45) is 0 Å². The van der Waals surface area contributed by atoms with Crippen molar-refractivity contribution in [3.05, 3.63) is 0 Å². The normalized spacial score (nSPS) is 22.9. The predicted octanol–water partition coefficient (Wildman–Crippen LogP) is 1.58. The Bertz CT molecular complexity index is 230. The van der Waals surface area contributed by atoms with Crippen LogP contribution >= 0.6 is 0 Å². The molecule has 1 aliphatic rings. The van der Waals surface area contributed by atoms with Gasteiger partial charge < -0.3 is 9.64 Å². The second-order valence-electron chi connectivity index (χ2n) is 3.66. The highest BCUT2D eigenvalue weighted by molar-refractivity contribution is 5.73. The number of alkyl halides is 3. The standard InChI is InChI=1S/C9H14F3NO2/c1-7(14)13-4-2-3-8(5-13)15-6-9(10,11)12/h8H,2-6H2,1H3. The van der Waals surface area contributed by atoms with Crippen molar-refractivity contribution in [2.45, 2.75) is 32.0 Å². The van der Waals surface area contributed by atoms with E-state index in [9.17, 15) is 18.0 Å². The Hall–Kier alpha value is -0.780. The Balaban J connectivity index is 2.34. The van der Waals surface area contributed by atoms with Gasteiger partial charge in [0, 0.05) is 20.0 Å². The van der Waals surface area contributed by atoms with Crippen LogP contribution in [0.2, 0.25) is 0 Å². The van der Waals surface area contributed by atoms with E-state index in [0.717, 1.165) is 0 Å². The van der Waals surface area contributed by atoms with Crippen LogP contribution in [-0.2, 0) is 9.53 Å². The van der Waals surface area contributed by atoms with Crippen LogP contribution < -0.4 is 0 Å². The molecule has 0 aromatic heterocycles. The smallest absolute Gasteiger partial charge is 0.367 e. The van der Waals surface area contributed by atoms with Crippen LogP contribution in [0.15, 0.2) is 0 Å². The Morgan fingerprint density at radius 2 is 2.20 bits per heavy atom. The molecule has 1 unspecified atom stereocenters. The van der Waals surface area contributed by atoms with Gasteiger partial charge in [-0.3, -0.25) is 4.79 Å². The van der Waals surface area contributed by atoms with Crippen molar-refractivity contribution in [3.8, 4) is 0 Å². The van der Waals surface area contributed by atoms with E-state index in [1.165, 1.54) is 11.8 Å². The zero-order chi connectivity index (χ0) is 11.5. The van der Waals surface area contributed by atoms with Crippen molar-refractivity contribution in [2.75, 3.05) is 19.7 Å². The number of nitrogens with zero attached hydrogens (tertiary/aromatic N) is 1. The van der Waals surface area contributed by atoms with Gasteiger partial charge in [0.2, 0.25) is 5.91 Å². The summed E-state index contributed by atoms with van der Waals surface area (Å²) in [7, 11) is 0. The SMILES string of the molecule is CC(=O)N1CCCC(OCC(F)(F)F)C1. The summed E-state index contributed by atoms with van der Waals surface area (Å²) < 4.78 is 40.3. The van der Waals surface area contributed by atoms with Gasteiger partial charge in [-0.15, -0.1) is 0 Å². The maximum atomic E-state index is 11.9. The van der Waals surface area contributed by atoms with Crippen molar-refractivity contribution in [1.82, 2.24) is 4.90 Å². The summed E-state index contributed by atoms with van der Waals surface area (Å²) in [6, 6.07) is 0. The average Bonchev–Trinajstić information content (AvgIpc) is 2.14. The number of piperidine rings is 1. The molecule has 0 bridgehead atoms. The third kappa shape index (κ3) is 4.51. The molecule has 0 spiro atoms. The lowest BCUT2D eigenvalue weighted by Crippen LogP contribution is -2.43. The summed E-state index contributed by atoms with van der Waals surface area (Å²) in [6.45, 7) is 1.06. The van der Waals surface area contributed by atoms with E-state index in [1.807, 2.05) is 0 Å². The Morgan fingerprint density at radius 1 is 1.53 bits per heavy atom. The lowest BCUT2D eigenvalue weighted by atomic mass is 10.1. The minimum atomic E-state index is -4.29. The number of carbonyl (C=O) groups excluding carboxylic acids is 1. The fourth-order valence-electron chi connectivity index (χ4n) is 1.57. The van der Waals surface area contributed by atoms with Crippen molar-refractivity contribution < 1.29 is 22.7 Å². The molecule has 88 valence electrons. The van der Waals surface area contributed by atoms with Crippen molar-refractivity contribution in [3.63, 3.8) is 0 Å². The van der Waals surface area contributed by atoms with E-state index >= 15 is 0 Å². The van der Waals surface area contributed by atoms with Crippen LogP contribution in [0.3, 0.4) is 0 Å². The van der Waals surface area contributed by atoms with E-state index in [0.29, 0.717) is 19.4 Å². The van der Waals surface area contributed by atoms with Gasteiger partial charge in [-0.1, -0.05) is 0 Å². The quantitative estimate of drug-likeness (QED) is 0.714. The molecule has 1 saturated heterocycles. The molecule has 1 heterocycles. The molecule has 0 N–H and O–H groups in total.